The smallest absolute Gasteiger partial charge is 0.245 e. The zero-order valence-corrected chi connectivity index (χ0v) is 18.2. The number of hydrogen-bond acceptors (Lipinski definition) is 5. The highest BCUT2D eigenvalue weighted by molar-refractivity contribution is 7.89. The van der Waals surface area contributed by atoms with Crippen molar-refractivity contribution in [2.75, 3.05) is 19.4 Å². The van der Waals surface area contributed by atoms with E-state index in [0.717, 1.165) is 17.1 Å². The molecule has 2 unspecified atom stereocenters. The van der Waals surface area contributed by atoms with Crippen LogP contribution in [0.3, 0.4) is 0 Å². The van der Waals surface area contributed by atoms with Crippen LogP contribution < -0.4 is 11.1 Å². The number of carbonyl (C=O) groups excluding carboxylic acids is 1. The maximum absolute atomic E-state index is 13.0. The van der Waals surface area contributed by atoms with Crippen molar-refractivity contribution in [1.29, 1.82) is 0 Å². The molecule has 158 valence electrons. The number of rotatable bonds is 10. The number of nitrogens with zero attached hydrogens (tertiary/aromatic N) is 1. The summed E-state index contributed by atoms with van der Waals surface area (Å²) < 4.78 is 27.1. The molecule has 1 rings (SSSR count). The van der Waals surface area contributed by atoms with Gasteiger partial charge in [0.2, 0.25) is 15.9 Å². The lowest BCUT2D eigenvalue weighted by Gasteiger charge is -2.35. The van der Waals surface area contributed by atoms with E-state index in [1.807, 2.05) is 19.9 Å². The Balaban J connectivity index is 3.15. The summed E-state index contributed by atoms with van der Waals surface area (Å²) in [7, 11) is -2.61. The van der Waals surface area contributed by atoms with E-state index < -0.39 is 21.5 Å². The molecule has 0 aliphatic carbocycles. The fourth-order valence-corrected chi connectivity index (χ4v) is 4.52. The predicted molar refractivity (Wildman–Crippen MR) is 112 cm³/mol. The van der Waals surface area contributed by atoms with Crippen LogP contribution in [0.5, 0.6) is 0 Å². The quantitative estimate of drug-likeness (QED) is 0.403. The third kappa shape index (κ3) is 5.33. The number of sulfonamides is 1. The molecule has 4 N–H and O–H groups in total. The van der Waals surface area contributed by atoms with E-state index in [1.54, 1.807) is 32.1 Å². The van der Waals surface area contributed by atoms with Crippen LogP contribution in [-0.4, -0.2) is 49.0 Å². The lowest BCUT2D eigenvalue weighted by Crippen LogP contribution is -2.58. The Hall–Kier alpha value is -1.90. The molecule has 0 aliphatic heterocycles. The van der Waals surface area contributed by atoms with Crippen molar-refractivity contribution in [2.24, 2.45) is 5.92 Å². The van der Waals surface area contributed by atoms with E-state index in [9.17, 15) is 18.3 Å². The summed E-state index contributed by atoms with van der Waals surface area (Å²) in [4.78, 5) is 13.0. The second kappa shape index (κ2) is 10.0. The summed E-state index contributed by atoms with van der Waals surface area (Å²) in [5.74, 6) is -0.599. The van der Waals surface area contributed by atoms with Crippen LogP contribution in [0.15, 0.2) is 41.3 Å². The first kappa shape index (κ1) is 24.1. The Bertz CT molecular complexity index is 790. The molecule has 0 aromatic heterocycles. The minimum atomic E-state index is -3.98. The number of benzene rings is 1. The molecule has 1 aromatic rings. The number of nitrogens with one attached hydrogen (secondary N) is 1. The number of aliphatic hydroxyl groups excluding tert-OH is 1. The third-order valence-corrected chi connectivity index (χ3v) is 7.10. The standard InChI is InChI=1S/C20H33N3O4S/c1-6-10-15(14-24)17(11-7-2)22-19(25)20(3,4)23(5)28(26,27)18-13-9-8-12-16(18)21/h7-9,11-13,15,17,24H,6,10,14,21H2,1-5H3,(H,22,25)/b11-7-. The molecule has 2 atom stereocenters. The minimum Gasteiger partial charge on any atom is -0.398 e. The Labute approximate surface area is 168 Å². The van der Waals surface area contributed by atoms with Gasteiger partial charge in [0.05, 0.1) is 11.7 Å². The second-order valence-corrected chi connectivity index (χ2v) is 9.26. The van der Waals surface area contributed by atoms with E-state index in [-0.39, 0.29) is 29.1 Å². The number of amides is 1. The fraction of sp³-hybridized carbons (Fsp3) is 0.550. The SMILES string of the molecule is C/C=C\C(NC(=O)C(C)(C)N(C)S(=O)(=O)c1ccccc1N)C(CO)CCC. The summed E-state index contributed by atoms with van der Waals surface area (Å²) in [5, 5.41) is 12.6. The molecule has 0 spiro atoms. The summed E-state index contributed by atoms with van der Waals surface area (Å²) >= 11 is 0. The number of nitrogens with two attached hydrogens (primary N) is 1. The van der Waals surface area contributed by atoms with Crippen molar-refractivity contribution >= 4 is 21.6 Å². The van der Waals surface area contributed by atoms with Crippen LogP contribution in [0.25, 0.3) is 0 Å². The Morgan fingerprint density at radius 3 is 2.46 bits per heavy atom. The van der Waals surface area contributed by atoms with Gasteiger partial charge in [-0.2, -0.15) is 4.31 Å². The fourth-order valence-electron chi connectivity index (χ4n) is 2.92. The van der Waals surface area contributed by atoms with Gasteiger partial charge in [-0.1, -0.05) is 37.6 Å². The van der Waals surface area contributed by atoms with Crippen LogP contribution in [-0.2, 0) is 14.8 Å². The van der Waals surface area contributed by atoms with Crippen molar-refractivity contribution in [3.63, 3.8) is 0 Å². The summed E-state index contributed by atoms with van der Waals surface area (Å²) in [6.45, 7) is 6.85. The van der Waals surface area contributed by atoms with Gasteiger partial charge in [0.15, 0.2) is 0 Å². The summed E-state index contributed by atoms with van der Waals surface area (Å²) in [5.41, 5.74) is 4.59. The number of para-hydroxylation sites is 1. The zero-order valence-electron chi connectivity index (χ0n) is 17.3. The number of nitrogen functional groups attached to an aromatic ring is 1. The van der Waals surface area contributed by atoms with Crippen LogP contribution in [0.2, 0.25) is 0 Å². The maximum atomic E-state index is 13.0. The van der Waals surface area contributed by atoms with Crippen LogP contribution in [0, 0.1) is 5.92 Å². The zero-order chi connectivity index (χ0) is 21.5. The molecule has 0 aliphatic rings. The minimum absolute atomic E-state index is 0.0393. The number of anilines is 1. The first-order valence-corrected chi connectivity index (χ1v) is 10.9. The molecular formula is C20H33N3O4S. The molecule has 1 amide bonds. The molecule has 7 nitrogen and oxygen atoms in total. The monoisotopic (exact) mass is 411 g/mol. The van der Waals surface area contributed by atoms with E-state index in [1.165, 1.54) is 19.2 Å². The average molecular weight is 412 g/mol. The van der Waals surface area contributed by atoms with Gasteiger partial charge in [0, 0.05) is 19.6 Å². The second-order valence-electron chi connectivity index (χ2n) is 7.33. The van der Waals surface area contributed by atoms with Gasteiger partial charge in [-0.25, -0.2) is 8.42 Å². The van der Waals surface area contributed by atoms with Crippen molar-refractivity contribution in [3.05, 3.63) is 36.4 Å². The average Bonchev–Trinajstić information content (AvgIpc) is 2.65. The Morgan fingerprint density at radius 2 is 1.96 bits per heavy atom. The molecule has 0 fully saturated rings. The number of aliphatic hydroxyl groups is 1. The topological polar surface area (TPSA) is 113 Å². The van der Waals surface area contributed by atoms with Crippen molar-refractivity contribution in [2.45, 2.75) is 57.0 Å². The predicted octanol–water partition coefficient (Wildman–Crippen LogP) is 2.14. The van der Waals surface area contributed by atoms with Gasteiger partial charge in [-0.3, -0.25) is 4.79 Å². The van der Waals surface area contributed by atoms with Gasteiger partial charge in [0.25, 0.3) is 0 Å². The van der Waals surface area contributed by atoms with E-state index in [0.29, 0.717) is 0 Å². The van der Waals surface area contributed by atoms with Crippen molar-refractivity contribution in [1.82, 2.24) is 9.62 Å². The van der Waals surface area contributed by atoms with Gasteiger partial charge < -0.3 is 16.2 Å². The number of likely N-dealkylation sites (N-methyl/N-ethyl adjacent to an activating group) is 1. The van der Waals surface area contributed by atoms with Gasteiger partial charge in [-0.05, 0) is 39.3 Å². The molecule has 0 bridgehead atoms. The largest absolute Gasteiger partial charge is 0.398 e. The maximum Gasteiger partial charge on any atom is 0.245 e. The molecule has 28 heavy (non-hydrogen) atoms. The molecule has 0 radical (unpaired) electrons. The molecular weight excluding hydrogens is 378 g/mol. The van der Waals surface area contributed by atoms with E-state index in [2.05, 4.69) is 5.32 Å². The molecule has 0 heterocycles. The third-order valence-electron chi connectivity index (χ3n) is 5.00. The highest BCUT2D eigenvalue weighted by Gasteiger charge is 2.41. The van der Waals surface area contributed by atoms with E-state index >= 15 is 0 Å². The van der Waals surface area contributed by atoms with Gasteiger partial charge in [-0.15, -0.1) is 0 Å². The number of carbonyl (C=O) groups is 1. The first-order valence-electron chi connectivity index (χ1n) is 9.42. The summed E-state index contributed by atoms with van der Waals surface area (Å²) in [6.07, 6.45) is 5.22. The van der Waals surface area contributed by atoms with Crippen molar-refractivity contribution in [3.8, 4) is 0 Å². The van der Waals surface area contributed by atoms with E-state index in [4.69, 9.17) is 5.73 Å². The lowest BCUT2D eigenvalue weighted by molar-refractivity contribution is -0.129. The number of hydrogen-bond donors (Lipinski definition) is 3. The Kier molecular flexibility index (Phi) is 8.66. The summed E-state index contributed by atoms with van der Waals surface area (Å²) in [6, 6.07) is 5.77. The van der Waals surface area contributed by atoms with Gasteiger partial charge in [0.1, 0.15) is 10.4 Å². The highest BCUT2D eigenvalue weighted by atomic mass is 32.2. The lowest BCUT2D eigenvalue weighted by atomic mass is 9.93. The van der Waals surface area contributed by atoms with Crippen LogP contribution in [0.4, 0.5) is 5.69 Å². The molecule has 0 saturated heterocycles. The normalized spacial score (nSPS) is 15.0. The van der Waals surface area contributed by atoms with Crippen LogP contribution in [0.1, 0.15) is 40.5 Å². The van der Waals surface area contributed by atoms with Crippen molar-refractivity contribution < 1.29 is 18.3 Å². The Morgan fingerprint density at radius 1 is 1.36 bits per heavy atom. The first-order chi connectivity index (χ1) is 13.0. The highest BCUT2D eigenvalue weighted by Crippen LogP contribution is 2.27. The van der Waals surface area contributed by atoms with Gasteiger partial charge >= 0.3 is 0 Å². The van der Waals surface area contributed by atoms with Crippen LogP contribution >= 0.6 is 0 Å². The molecule has 8 heteroatoms. The molecule has 1 aromatic carbocycles. The number of allylic oxidation sites excluding steroid dienone is 1. The molecule has 0 saturated carbocycles.